The van der Waals surface area contributed by atoms with Crippen molar-refractivity contribution in [2.75, 3.05) is 11.9 Å². The summed E-state index contributed by atoms with van der Waals surface area (Å²) in [7, 11) is 0. The molecule has 2 amide bonds. The van der Waals surface area contributed by atoms with Crippen LogP contribution in [0.4, 0.5) is 19.3 Å². The van der Waals surface area contributed by atoms with Crippen molar-refractivity contribution in [3.05, 3.63) is 64.7 Å². The van der Waals surface area contributed by atoms with Gasteiger partial charge in [0.05, 0.1) is 12.0 Å². The summed E-state index contributed by atoms with van der Waals surface area (Å²) in [4.78, 5) is 11.9. The molecule has 140 valence electrons. The van der Waals surface area contributed by atoms with Gasteiger partial charge in [0.2, 0.25) is 0 Å². The highest BCUT2D eigenvalue weighted by molar-refractivity contribution is 6.31. The third-order valence-electron chi connectivity index (χ3n) is 4.57. The van der Waals surface area contributed by atoms with Crippen molar-refractivity contribution >= 4 is 23.3 Å². The van der Waals surface area contributed by atoms with Crippen LogP contribution >= 0.6 is 11.6 Å². The summed E-state index contributed by atoms with van der Waals surface area (Å²) in [6.45, 7) is 0.183. The fourth-order valence-electron chi connectivity index (χ4n) is 2.93. The summed E-state index contributed by atoms with van der Waals surface area (Å²) in [5.41, 5.74) is 1.94. The van der Waals surface area contributed by atoms with E-state index in [-0.39, 0.29) is 19.4 Å². The molecule has 0 bridgehead atoms. The van der Waals surface area contributed by atoms with E-state index < -0.39 is 23.8 Å². The van der Waals surface area contributed by atoms with Gasteiger partial charge in [-0.2, -0.15) is 5.26 Å². The maximum atomic E-state index is 12.8. The number of benzene rings is 2. The first kappa shape index (κ1) is 19.1. The molecule has 0 aliphatic heterocycles. The third kappa shape index (κ3) is 4.75. The SMILES string of the molecule is N#CC(c1ccccc1)c1ccc(NC(=O)NCCC2CC2(F)F)cc1Cl. The minimum atomic E-state index is -2.57. The Balaban J connectivity index is 1.59. The van der Waals surface area contributed by atoms with Gasteiger partial charge >= 0.3 is 6.03 Å². The van der Waals surface area contributed by atoms with Gasteiger partial charge in [-0.3, -0.25) is 0 Å². The van der Waals surface area contributed by atoms with Crippen molar-refractivity contribution in [2.24, 2.45) is 5.92 Å². The number of carbonyl (C=O) groups excluding carboxylic acids is 1. The average Bonchev–Trinajstić information content (AvgIpc) is 3.25. The summed E-state index contributed by atoms with van der Waals surface area (Å²) in [6.07, 6.45) is 0.149. The lowest BCUT2D eigenvalue weighted by atomic mass is 9.92. The fourth-order valence-corrected chi connectivity index (χ4v) is 3.22. The van der Waals surface area contributed by atoms with E-state index in [0.29, 0.717) is 16.3 Å². The van der Waals surface area contributed by atoms with E-state index in [0.717, 1.165) is 5.56 Å². The lowest BCUT2D eigenvalue weighted by molar-refractivity contribution is 0.0971. The van der Waals surface area contributed by atoms with Crippen molar-refractivity contribution in [1.82, 2.24) is 5.32 Å². The molecule has 1 saturated carbocycles. The Labute approximate surface area is 161 Å². The fraction of sp³-hybridized carbons (Fsp3) is 0.300. The molecule has 1 aliphatic carbocycles. The zero-order valence-corrected chi connectivity index (χ0v) is 15.1. The second kappa shape index (κ2) is 7.93. The van der Waals surface area contributed by atoms with Gasteiger partial charge in [-0.05, 0) is 29.7 Å². The standard InChI is InChI=1S/C20H18ClF2N3O/c21-18-10-15(26-19(27)25-9-8-14-11-20(14,22)23)6-7-16(18)17(12-24)13-4-2-1-3-5-13/h1-7,10,14,17H,8-9,11H2,(H2,25,26,27). The van der Waals surface area contributed by atoms with E-state index in [1.54, 1.807) is 18.2 Å². The summed E-state index contributed by atoms with van der Waals surface area (Å²) in [5, 5.41) is 15.0. The molecule has 0 heterocycles. The number of nitrogens with one attached hydrogen (secondary N) is 2. The summed E-state index contributed by atoms with van der Waals surface area (Å²) < 4.78 is 25.6. The highest BCUT2D eigenvalue weighted by Crippen LogP contribution is 2.50. The first-order valence-electron chi connectivity index (χ1n) is 8.57. The summed E-state index contributed by atoms with van der Waals surface area (Å²) in [5.74, 6) is -3.72. The lowest BCUT2D eigenvalue weighted by Gasteiger charge is -2.14. The van der Waals surface area contributed by atoms with E-state index in [1.165, 1.54) is 0 Å². The molecule has 2 aromatic carbocycles. The van der Waals surface area contributed by atoms with Crippen molar-refractivity contribution in [1.29, 1.82) is 5.26 Å². The van der Waals surface area contributed by atoms with Gasteiger partial charge in [-0.25, -0.2) is 13.6 Å². The van der Waals surface area contributed by atoms with Crippen LogP contribution in [-0.4, -0.2) is 18.5 Å². The minimum Gasteiger partial charge on any atom is -0.338 e. The van der Waals surface area contributed by atoms with Crippen molar-refractivity contribution in [3.8, 4) is 6.07 Å². The highest BCUT2D eigenvalue weighted by atomic mass is 35.5. The normalized spacial score (nSPS) is 18.2. The van der Waals surface area contributed by atoms with Crippen molar-refractivity contribution in [3.63, 3.8) is 0 Å². The minimum absolute atomic E-state index is 0.102. The molecule has 0 spiro atoms. The van der Waals surface area contributed by atoms with E-state index in [9.17, 15) is 18.8 Å². The molecule has 4 nitrogen and oxygen atoms in total. The summed E-state index contributed by atoms with van der Waals surface area (Å²) in [6, 6.07) is 16.0. The summed E-state index contributed by atoms with van der Waals surface area (Å²) >= 11 is 6.32. The molecule has 2 unspecified atom stereocenters. The monoisotopic (exact) mass is 389 g/mol. The molecule has 27 heavy (non-hydrogen) atoms. The topological polar surface area (TPSA) is 64.9 Å². The number of anilines is 1. The molecule has 2 N–H and O–H groups in total. The molecular weight excluding hydrogens is 372 g/mol. The van der Waals surface area contributed by atoms with Crippen LogP contribution in [0, 0.1) is 17.2 Å². The molecule has 0 aromatic heterocycles. The van der Waals surface area contributed by atoms with Gasteiger partial charge in [-0.1, -0.05) is 48.0 Å². The molecule has 2 atom stereocenters. The second-order valence-electron chi connectivity index (χ2n) is 6.54. The number of rotatable bonds is 6. The Morgan fingerprint density at radius 1 is 1.30 bits per heavy atom. The maximum absolute atomic E-state index is 12.8. The Bertz CT molecular complexity index is 867. The maximum Gasteiger partial charge on any atom is 0.319 e. The number of alkyl halides is 2. The number of carbonyl (C=O) groups is 1. The lowest BCUT2D eigenvalue weighted by Crippen LogP contribution is -2.30. The molecule has 1 fully saturated rings. The molecule has 0 saturated heterocycles. The van der Waals surface area contributed by atoms with Crippen LogP contribution in [0.5, 0.6) is 0 Å². The molecular formula is C20H18ClF2N3O. The Morgan fingerprint density at radius 3 is 2.59 bits per heavy atom. The van der Waals surface area contributed by atoms with Gasteiger partial charge in [0.1, 0.15) is 0 Å². The van der Waals surface area contributed by atoms with Crippen LogP contribution in [-0.2, 0) is 0 Å². The van der Waals surface area contributed by atoms with Gasteiger partial charge in [0.25, 0.3) is 5.92 Å². The Morgan fingerprint density at radius 2 is 2.00 bits per heavy atom. The number of hydrogen-bond acceptors (Lipinski definition) is 2. The van der Waals surface area contributed by atoms with Crippen LogP contribution in [0.3, 0.4) is 0 Å². The quantitative estimate of drug-likeness (QED) is 0.716. The van der Waals surface area contributed by atoms with Crippen molar-refractivity contribution in [2.45, 2.75) is 24.7 Å². The molecule has 3 rings (SSSR count). The number of nitriles is 1. The van der Waals surface area contributed by atoms with Crippen LogP contribution < -0.4 is 10.6 Å². The van der Waals surface area contributed by atoms with Gasteiger partial charge in [0, 0.05) is 29.6 Å². The van der Waals surface area contributed by atoms with Gasteiger partial charge in [-0.15, -0.1) is 0 Å². The van der Waals surface area contributed by atoms with E-state index in [1.807, 2.05) is 30.3 Å². The highest BCUT2D eigenvalue weighted by Gasteiger charge is 2.55. The first-order valence-corrected chi connectivity index (χ1v) is 8.95. The third-order valence-corrected chi connectivity index (χ3v) is 4.89. The van der Waals surface area contributed by atoms with Gasteiger partial charge < -0.3 is 10.6 Å². The van der Waals surface area contributed by atoms with Crippen LogP contribution in [0.25, 0.3) is 0 Å². The molecule has 1 aliphatic rings. The van der Waals surface area contributed by atoms with Crippen LogP contribution in [0.1, 0.15) is 29.9 Å². The zero-order valence-electron chi connectivity index (χ0n) is 14.4. The molecule has 2 aromatic rings. The Hall–Kier alpha value is -2.65. The number of urea groups is 1. The Kier molecular flexibility index (Phi) is 5.62. The molecule has 0 radical (unpaired) electrons. The predicted molar refractivity (Wildman–Crippen MR) is 100 cm³/mol. The number of hydrogen-bond donors (Lipinski definition) is 2. The van der Waals surface area contributed by atoms with Crippen LogP contribution in [0.2, 0.25) is 5.02 Å². The smallest absolute Gasteiger partial charge is 0.319 e. The average molecular weight is 390 g/mol. The largest absolute Gasteiger partial charge is 0.338 e. The number of amides is 2. The van der Waals surface area contributed by atoms with E-state index in [2.05, 4.69) is 16.7 Å². The van der Waals surface area contributed by atoms with Crippen LogP contribution in [0.15, 0.2) is 48.5 Å². The zero-order chi connectivity index (χ0) is 19.4. The van der Waals surface area contributed by atoms with Gasteiger partial charge in [0.15, 0.2) is 0 Å². The number of halogens is 3. The number of nitrogens with zero attached hydrogens (tertiary/aromatic N) is 1. The second-order valence-corrected chi connectivity index (χ2v) is 6.95. The first-order chi connectivity index (χ1) is 12.9. The predicted octanol–water partition coefficient (Wildman–Crippen LogP) is 5.16. The van der Waals surface area contributed by atoms with Crippen molar-refractivity contribution < 1.29 is 13.6 Å². The molecule has 7 heteroatoms. The van der Waals surface area contributed by atoms with E-state index in [4.69, 9.17) is 11.6 Å². The van der Waals surface area contributed by atoms with E-state index >= 15 is 0 Å².